The van der Waals surface area contributed by atoms with Crippen molar-refractivity contribution in [3.8, 4) is 0 Å². The molecule has 0 amide bonds. The standard InChI is InChI=1S/C28H20BrN3O/c1-32-27(19-10-6-3-7-11-19)30-26(18-8-4-2-5-9-18)31-28(32)20-12-14-22-23-17-21(29)13-15-24(23)33-25(22)16-20/h2-17,28H,1H3. The van der Waals surface area contributed by atoms with E-state index < -0.39 is 0 Å². The average Bonchev–Trinajstić information content (AvgIpc) is 3.22. The lowest BCUT2D eigenvalue weighted by Crippen LogP contribution is -2.35. The first-order chi connectivity index (χ1) is 16.2. The Labute approximate surface area is 200 Å². The van der Waals surface area contributed by atoms with Crippen molar-refractivity contribution in [3.63, 3.8) is 0 Å². The first kappa shape index (κ1) is 19.9. The van der Waals surface area contributed by atoms with E-state index in [-0.39, 0.29) is 6.17 Å². The molecule has 0 saturated heterocycles. The Bertz CT molecular complexity index is 1540. The summed E-state index contributed by atoms with van der Waals surface area (Å²) in [5.41, 5.74) is 4.85. The van der Waals surface area contributed by atoms with Crippen molar-refractivity contribution in [3.05, 3.63) is 118 Å². The van der Waals surface area contributed by atoms with Crippen molar-refractivity contribution < 1.29 is 4.42 Å². The Morgan fingerprint density at radius 3 is 2.24 bits per heavy atom. The number of benzene rings is 4. The molecule has 2 heterocycles. The maximum absolute atomic E-state index is 6.18. The van der Waals surface area contributed by atoms with E-state index in [4.69, 9.17) is 14.4 Å². The molecule has 1 unspecified atom stereocenters. The number of hydrogen-bond acceptors (Lipinski definition) is 4. The minimum atomic E-state index is -0.225. The van der Waals surface area contributed by atoms with Crippen LogP contribution < -0.4 is 0 Å². The SMILES string of the molecule is CN1C(c2ccccc2)=NC(c2ccccc2)=NC1c1ccc2c(c1)oc1ccc(Br)cc12. The van der Waals surface area contributed by atoms with Gasteiger partial charge in [0, 0.05) is 39.0 Å². The predicted molar refractivity (Wildman–Crippen MR) is 138 cm³/mol. The highest BCUT2D eigenvalue weighted by molar-refractivity contribution is 9.10. The van der Waals surface area contributed by atoms with Crippen LogP contribution in [0.3, 0.4) is 0 Å². The molecule has 0 radical (unpaired) electrons. The Kier molecular flexibility index (Phi) is 4.84. The molecule has 0 spiro atoms. The van der Waals surface area contributed by atoms with E-state index in [1.165, 1.54) is 0 Å². The van der Waals surface area contributed by atoms with Gasteiger partial charge in [-0.2, -0.15) is 0 Å². The van der Waals surface area contributed by atoms with Crippen LogP contribution >= 0.6 is 15.9 Å². The minimum Gasteiger partial charge on any atom is -0.456 e. The van der Waals surface area contributed by atoms with Crippen molar-refractivity contribution >= 4 is 49.5 Å². The number of halogens is 1. The van der Waals surface area contributed by atoms with Crippen LogP contribution in [0.25, 0.3) is 21.9 Å². The monoisotopic (exact) mass is 493 g/mol. The van der Waals surface area contributed by atoms with E-state index in [1.54, 1.807) is 0 Å². The summed E-state index contributed by atoms with van der Waals surface area (Å²) in [5.74, 6) is 1.62. The molecule has 0 bridgehead atoms. The van der Waals surface area contributed by atoms with Crippen LogP contribution in [0.2, 0.25) is 0 Å². The zero-order valence-electron chi connectivity index (χ0n) is 17.9. The third-order valence-electron chi connectivity index (χ3n) is 5.98. The van der Waals surface area contributed by atoms with E-state index >= 15 is 0 Å². The van der Waals surface area contributed by atoms with Gasteiger partial charge in [0.2, 0.25) is 0 Å². The molecule has 0 N–H and O–H groups in total. The summed E-state index contributed by atoms with van der Waals surface area (Å²) >= 11 is 3.57. The maximum atomic E-state index is 6.18. The number of aliphatic imine (C=N–C) groups is 2. The molecular formula is C28H20BrN3O. The largest absolute Gasteiger partial charge is 0.456 e. The summed E-state index contributed by atoms with van der Waals surface area (Å²) in [6.45, 7) is 0. The average molecular weight is 494 g/mol. The van der Waals surface area contributed by atoms with Crippen LogP contribution in [0.4, 0.5) is 0 Å². The zero-order chi connectivity index (χ0) is 22.4. The molecule has 4 nitrogen and oxygen atoms in total. The lowest BCUT2D eigenvalue weighted by atomic mass is 10.1. The van der Waals surface area contributed by atoms with Crippen molar-refractivity contribution in [2.75, 3.05) is 7.05 Å². The van der Waals surface area contributed by atoms with Crippen molar-refractivity contribution in [1.82, 2.24) is 4.90 Å². The van der Waals surface area contributed by atoms with Crippen molar-refractivity contribution in [2.45, 2.75) is 6.17 Å². The Morgan fingerprint density at radius 1 is 0.758 bits per heavy atom. The molecule has 160 valence electrons. The van der Waals surface area contributed by atoms with E-state index in [0.717, 1.165) is 54.8 Å². The maximum Gasteiger partial charge on any atom is 0.159 e. The Balaban J connectivity index is 1.50. The molecule has 33 heavy (non-hydrogen) atoms. The molecule has 0 fully saturated rings. The predicted octanol–water partition coefficient (Wildman–Crippen LogP) is 7.19. The number of nitrogens with zero attached hydrogens (tertiary/aromatic N) is 3. The van der Waals surface area contributed by atoms with Crippen LogP contribution in [0, 0.1) is 0 Å². The summed E-state index contributed by atoms with van der Waals surface area (Å²) in [4.78, 5) is 12.1. The van der Waals surface area contributed by atoms with Gasteiger partial charge in [-0.15, -0.1) is 0 Å². The summed E-state index contributed by atoms with van der Waals surface area (Å²) < 4.78 is 7.22. The number of rotatable bonds is 3. The Morgan fingerprint density at radius 2 is 1.48 bits per heavy atom. The first-order valence-electron chi connectivity index (χ1n) is 10.8. The highest BCUT2D eigenvalue weighted by Crippen LogP contribution is 2.35. The third kappa shape index (κ3) is 3.55. The summed E-state index contributed by atoms with van der Waals surface area (Å²) in [7, 11) is 2.04. The van der Waals surface area contributed by atoms with Gasteiger partial charge < -0.3 is 9.32 Å². The molecule has 6 rings (SSSR count). The van der Waals surface area contributed by atoms with Gasteiger partial charge in [0.25, 0.3) is 0 Å². The molecule has 0 aliphatic carbocycles. The lowest BCUT2D eigenvalue weighted by Gasteiger charge is -2.32. The fraction of sp³-hybridized carbons (Fsp3) is 0.0714. The molecule has 5 heteroatoms. The minimum absolute atomic E-state index is 0.225. The second-order valence-electron chi connectivity index (χ2n) is 8.10. The van der Waals surface area contributed by atoms with E-state index in [0.29, 0.717) is 0 Å². The van der Waals surface area contributed by atoms with E-state index in [9.17, 15) is 0 Å². The van der Waals surface area contributed by atoms with Crippen LogP contribution in [0.1, 0.15) is 22.9 Å². The number of furan rings is 1. The van der Waals surface area contributed by atoms with E-state index in [1.807, 2.05) is 67.7 Å². The van der Waals surface area contributed by atoms with E-state index in [2.05, 4.69) is 57.2 Å². The second kappa shape index (κ2) is 8.01. The molecular weight excluding hydrogens is 474 g/mol. The van der Waals surface area contributed by atoms with Gasteiger partial charge in [0.15, 0.2) is 12.0 Å². The van der Waals surface area contributed by atoms with Crippen LogP contribution in [0.5, 0.6) is 0 Å². The summed E-state index contributed by atoms with van der Waals surface area (Å²) in [6, 6.07) is 32.9. The number of fused-ring (bicyclic) bond motifs is 3. The highest BCUT2D eigenvalue weighted by Gasteiger charge is 2.27. The normalized spacial score (nSPS) is 16.2. The first-order valence-corrected chi connectivity index (χ1v) is 11.6. The molecule has 1 aliphatic rings. The molecule has 0 saturated carbocycles. The summed E-state index contributed by atoms with van der Waals surface area (Å²) in [5, 5.41) is 2.20. The molecule has 1 aromatic heterocycles. The van der Waals surface area contributed by atoms with Crippen LogP contribution in [-0.2, 0) is 0 Å². The van der Waals surface area contributed by atoms with Gasteiger partial charge in [0.05, 0.1) is 0 Å². The fourth-order valence-electron chi connectivity index (χ4n) is 4.33. The molecule has 5 aromatic rings. The molecule has 1 atom stereocenters. The quantitative estimate of drug-likeness (QED) is 0.267. The lowest BCUT2D eigenvalue weighted by molar-refractivity contribution is 0.383. The van der Waals surface area contributed by atoms with Crippen molar-refractivity contribution in [1.29, 1.82) is 0 Å². The molecule has 4 aromatic carbocycles. The van der Waals surface area contributed by atoms with Gasteiger partial charge in [-0.05, 0) is 24.3 Å². The number of amidine groups is 2. The van der Waals surface area contributed by atoms with Crippen molar-refractivity contribution in [2.24, 2.45) is 9.98 Å². The number of hydrogen-bond donors (Lipinski definition) is 0. The highest BCUT2D eigenvalue weighted by atomic mass is 79.9. The smallest absolute Gasteiger partial charge is 0.159 e. The van der Waals surface area contributed by atoms with Gasteiger partial charge in [-0.3, -0.25) is 0 Å². The molecule has 1 aliphatic heterocycles. The summed E-state index contributed by atoms with van der Waals surface area (Å²) in [6.07, 6.45) is -0.225. The topological polar surface area (TPSA) is 41.1 Å². The van der Waals surface area contributed by atoms with Crippen LogP contribution in [0.15, 0.2) is 116 Å². The van der Waals surface area contributed by atoms with Gasteiger partial charge in [0.1, 0.15) is 17.0 Å². The second-order valence-corrected chi connectivity index (χ2v) is 9.02. The van der Waals surface area contributed by atoms with Gasteiger partial charge in [-0.25, -0.2) is 9.98 Å². The Hall–Kier alpha value is -3.70. The van der Waals surface area contributed by atoms with Gasteiger partial charge in [-0.1, -0.05) is 88.7 Å². The fourth-order valence-corrected chi connectivity index (χ4v) is 4.69. The zero-order valence-corrected chi connectivity index (χ0v) is 19.5. The van der Waals surface area contributed by atoms with Crippen LogP contribution in [-0.4, -0.2) is 23.6 Å². The van der Waals surface area contributed by atoms with Gasteiger partial charge >= 0.3 is 0 Å². The third-order valence-corrected chi connectivity index (χ3v) is 6.47.